The molecule has 6 nitrogen and oxygen atoms in total. The van der Waals surface area contributed by atoms with Crippen LogP contribution in [0.15, 0.2) is 29.4 Å². The maximum atomic E-state index is 4.63. The average Bonchev–Trinajstić information content (AvgIpc) is 3.20. The van der Waals surface area contributed by atoms with Crippen LogP contribution in [0, 0.1) is 0 Å². The van der Waals surface area contributed by atoms with Crippen LogP contribution in [-0.2, 0) is 6.54 Å². The van der Waals surface area contributed by atoms with E-state index in [0.29, 0.717) is 11.8 Å². The van der Waals surface area contributed by atoms with Gasteiger partial charge in [-0.3, -0.25) is 4.40 Å². The molecule has 1 unspecified atom stereocenters. The molecule has 1 saturated heterocycles. The Kier molecular flexibility index (Phi) is 5.15. The van der Waals surface area contributed by atoms with Crippen LogP contribution in [0.4, 0.5) is 0 Å². The number of thioether (sulfide) groups is 1. The summed E-state index contributed by atoms with van der Waals surface area (Å²) in [7, 11) is 0. The van der Waals surface area contributed by atoms with Crippen molar-refractivity contribution in [1.29, 1.82) is 0 Å². The van der Waals surface area contributed by atoms with Crippen LogP contribution >= 0.6 is 11.8 Å². The van der Waals surface area contributed by atoms with Gasteiger partial charge in [-0.2, -0.15) is 11.8 Å². The van der Waals surface area contributed by atoms with Crippen molar-refractivity contribution < 1.29 is 0 Å². The SMILES string of the molecule is CCNC(=NCc1nnc2ccccn12)NCC1CCCS1. The zero-order chi connectivity index (χ0) is 15.2. The highest BCUT2D eigenvalue weighted by atomic mass is 32.2. The fourth-order valence-electron chi connectivity index (χ4n) is 2.51. The molecular formula is C15H22N6S. The number of guanidine groups is 1. The van der Waals surface area contributed by atoms with E-state index >= 15 is 0 Å². The maximum absolute atomic E-state index is 4.63. The van der Waals surface area contributed by atoms with Crippen LogP contribution in [0.25, 0.3) is 5.65 Å². The molecule has 3 heterocycles. The first-order valence-corrected chi connectivity index (χ1v) is 8.84. The molecule has 0 aromatic carbocycles. The number of aliphatic imine (C=N–C) groups is 1. The minimum absolute atomic E-state index is 0.512. The molecule has 7 heteroatoms. The third kappa shape index (κ3) is 3.71. The van der Waals surface area contributed by atoms with Gasteiger partial charge in [-0.25, -0.2) is 4.99 Å². The second-order valence-electron chi connectivity index (χ2n) is 5.26. The smallest absolute Gasteiger partial charge is 0.191 e. The number of hydrogen-bond donors (Lipinski definition) is 2. The minimum atomic E-state index is 0.512. The Bertz CT molecular complexity index is 632. The fourth-order valence-corrected chi connectivity index (χ4v) is 3.71. The van der Waals surface area contributed by atoms with Gasteiger partial charge in [-0.05, 0) is 37.7 Å². The van der Waals surface area contributed by atoms with Gasteiger partial charge in [0.15, 0.2) is 17.4 Å². The van der Waals surface area contributed by atoms with E-state index in [4.69, 9.17) is 0 Å². The van der Waals surface area contributed by atoms with Crippen LogP contribution in [0.2, 0.25) is 0 Å². The number of aromatic nitrogens is 3. The third-order valence-corrected chi connectivity index (χ3v) is 5.03. The first kappa shape index (κ1) is 15.1. The Morgan fingerprint density at radius 1 is 1.41 bits per heavy atom. The van der Waals surface area contributed by atoms with Crippen LogP contribution in [-0.4, -0.2) is 44.6 Å². The van der Waals surface area contributed by atoms with E-state index in [-0.39, 0.29) is 0 Å². The van der Waals surface area contributed by atoms with E-state index in [9.17, 15) is 0 Å². The van der Waals surface area contributed by atoms with Gasteiger partial charge in [0.2, 0.25) is 0 Å². The second kappa shape index (κ2) is 7.49. The van der Waals surface area contributed by atoms with Crippen LogP contribution < -0.4 is 10.6 Å². The van der Waals surface area contributed by atoms with Gasteiger partial charge in [0, 0.05) is 24.5 Å². The summed E-state index contributed by atoms with van der Waals surface area (Å²) in [6.07, 6.45) is 4.60. The Morgan fingerprint density at radius 2 is 2.36 bits per heavy atom. The summed E-state index contributed by atoms with van der Waals surface area (Å²) in [5, 5.41) is 15.8. The molecule has 0 saturated carbocycles. The Balaban J connectivity index is 1.64. The van der Waals surface area contributed by atoms with Gasteiger partial charge < -0.3 is 10.6 Å². The molecule has 0 amide bonds. The topological polar surface area (TPSA) is 66.6 Å². The Labute approximate surface area is 134 Å². The van der Waals surface area contributed by atoms with Crippen LogP contribution in [0.1, 0.15) is 25.6 Å². The number of pyridine rings is 1. The van der Waals surface area contributed by atoms with Crippen molar-refractivity contribution in [2.24, 2.45) is 4.99 Å². The lowest BCUT2D eigenvalue weighted by Crippen LogP contribution is -2.40. The second-order valence-corrected chi connectivity index (χ2v) is 6.66. The molecular weight excluding hydrogens is 296 g/mol. The van der Waals surface area contributed by atoms with E-state index in [2.05, 4.69) is 32.7 Å². The van der Waals surface area contributed by atoms with Gasteiger partial charge in [-0.1, -0.05) is 6.07 Å². The minimum Gasteiger partial charge on any atom is -0.357 e. The highest BCUT2D eigenvalue weighted by Gasteiger charge is 2.15. The number of fused-ring (bicyclic) bond motifs is 1. The summed E-state index contributed by atoms with van der Waals surface area (Å²) in [5.41, 5.74) is 0.855. The predicted molar refractivity (Wildman–Crippen MR) is 91.3 cm³/mol. The molecule has 22 heavy (non-hydrogen) atoms. The maximum Gasteiger partial charge on any atom is 0.191 e. The van der Waals surface area contributed by atoms with Crippen molar-refractivity contribution in [2.45, 2.75) is 31.6 Å². The van der Waals surface area contributed by atoms with Gasteiger partial charge in [-0.15, -0.1) is 10.2 Å². The number of nitrogens with zero attached hydrogens (tertiary/aromatic N) is 4. The summed E-state index contributed by atoms with van der Waals surface area (Å²) in [6, 6.07) is 5.88. The molecule has 0 bridgehead atoms. The monoisotopic (exact) mass is 318 g/mol. The van der Waals surface area contributed by atoms with Crippen molar-refractivity contribution in [3.63, 3.8) is 0 Å². The number of nitrogens with one attached hydrogen (secondary N) is 2. The summed E-state index contributed by atoms with van der Waals surface area (Å²) < 4.78 is 1.97. The summed E-state index contributed by atoms with van der Waals surface area (Å²) in [4.78, 5) is 4.63. The summed E-state index contributed by atoms with van der Waals surface area (Å²) in [5.74, 6) is 2.98. The van der Waals surface area contributed by atoms with E-state index < -0.39 is 0 Å². The zero-order valence-corrected chi connectivity index (χ0v) is 13.6. The van der Waals surface area contributed by atoms with Crippen molar-refractivity contribution >= 4 is 23.4 Å². The van der Waals surface area contributed by atoms with Crippen molar-refractivity contribution in [3.8, 4) is 0 Å². The van der Waals surface area contributed by atoms with Crippen molar-refractivity contribution in [1.82, 2.24) is 25.2 Å². The van der Waals surface area contributed by atoms with Gasteiger partial charge in [0.25, 0.3) is 0 Å². The van der Waals surface area contributed by atoms with Gasteiger partial charge in [0.05, 0.1) is 0 Å². The Morgan fingerprint density at radius 3 is 3.18 bits per heavy atom. The molecule has 0 spiro atoms. The Hall–Kier alpha value is -1.76. The molecule has 2 aromatic heterocycles. The summed E-state index contributed by atoms with van der Waals surface area (Å²) >= 11 is 2.05. The molecule has 2 aromatic rings. The lowest BCUT2D eigenvalue weighted by Gasteiger charge is -2.14. The standard InChI is InChI=1S/C15H22N6S/c1-2-16-15(17-10-12-6-5-9-22-12)18-11-14-20-19-13-7-3-4-8-21(13)14/h3-4,7-8,12H,2,5-6,9-11H2,1H3,(H2,16,17,18). The molecule has 0 radical (unpaired) electrons. The first-order valence-electron chi connectivity index (χ1n) is 7.79. The predicted octanol–water partition coefficient (Wildman–Crippen LogP) is 1.68. The van der Waals surface area contributed by atoms with Crippen molar-refractivity contribution in [3.05, 3.63) is 30.2 Å². The van der Waals surface area contributed by atoms with E-state index in [1.54, 1.807) is 0 Å². The van der Waals surface area contributed by atoms with Crippen molar-refractivity contribution in [2.75, 3.05) is 18.8 Å². The summed E-state index contributed by atoms with van der Waals surface area (Å²) in [6.45, 7) is 4.41. The average molecular weight is 318 g/mol. The van der Waals surface area contributed by atoms with Crippen LogP contribution in [0.5, 0.6) is 0 Å². The fraction of sp³-hybridized carbons (Fsp3) is 0.533. The molecule has 3 rings (SSSR count). The van der Waals surface area contributed by atoms with Gasteiger partial charge in [0.1, 0.15) is 6.54 Å². The molecule has 0 aliphatic carbocycles. The normalized spacial score (nSPS) is 18.8. The van der Waals surface area contributed by atoms with Crippen LogP contribution in [0.3, 0.4) is 0 Å². The molecule has 118 valence electrons. The molecule has 1 aliphatic heterocycles. The van der Waals surface area contributed by atoms with Gasteiger partial charge >= 0.3 is 0 Å². The highest BCUT2D eigenvalue weighted by molar-refractivity contribution is 8.00. The largest absolute Gasteiger partial charge is 0.357 e. The number of hydrogen-bond acceptors (Lipinski definition) is 4. The van der Waals surface area contributed by atoms with E-state index in [0.717, 1.165) is 30.5 Å². The van der Waals surface area contributed by atoms with E-state index in [1.807, 2.05) is 40.6 Å². The lowest BCUT2D eigenvalue weighted by molar-refractivity contribution is 0.724. The molecule has 1 aliphatic rings. The number of rotatable bonds is 5. The zero-order valence-electron chi connectivity index (χ0n) is 12.8. The first-order chi connectivity index (χ1) is 10.9. The molecule has 2 N–H and O–H groups in total. The molecule has 1 atom stereocenters. The van der Waals surface area contributed by atoms with E-state index in [1.165, 1.54) is 18.6 Å². The lowest BCUT2D eigenvalue weighted by atomic mass is 10.2. The molecule has 1 fully saturated rings. The third-order valence-electron chi connectivity index (χ3n) is 3.63. The quantitative estimate of drug-likeness (QED) is 0.648. The highest BCUT2D eigenvalue weighted by Crippen LogP contribution is 2.25.